The van der Waals surface area contributed by atoms with Crippen LogP contribution in [0.2, 0.25) is 0 Å². The molecule has 0 spiro atoms. The van der Waals surface area contributed by atoms with Gasteiger partial charge in [-0.1, -0.05) is 0 Å². The molecule has 0 heterocycles. The van der Waals surface area contributed by atoms with Gasteiger partial charge < -0.3 is 0 Å². The fourth-order valence-electron chi connectivity index (χ4n) is 0. The summed E-state index contributed by atoms with van der Waals surface area (Å²) in [5.41, 5.74) is 0. The molecule has 0 bridgehead atoms. The van der Waals surface area contributed by atoms with Crippen molar-refractivity contribution in [2.45, 2.75) is 0 Å². The average Bonchev–Trinajstić information content (AvgIpc) is 0. The van der Waals surface area contributed by atoms with Gasteiger partial charge in [0.1, 0.15) is 0 Å². The molecule has 0 fully saturated rings. The van der Waals surface area contributed by atoms with Crippen LogP contribution in [0.3, 0.4) is 0 Å². The van der Waals surface area contributed by atoms with Gasteiger partial charge in [0, 0.05) is 103 Å². The van der Waals surface area contributed by atoms with E-state index in [1.165, 1.54) is 0 Å². The van der Waals surface area contributed by atoms with E-state index in [0.29, 0.717) is 0 Å². The summed E-state index contributed by atoms with van der Waals surface area (Å²) in [4.78, 5) is 0. The molecule has 0 saturated carbocycles. The molecule has 0 unspecified atom stereocenters. The Morgan fingerprint density at radius 1 is 0.750 bits per heavy atom. The minimum atomic E-state index is 0. The van der Waals surface area contributed by atoms with Crippen molar-refractivity contribution >= 4 is 83.8 Å². The second-order valence-corrected chi connectivity index (χ2v) is 0. The van der Waals surface area contributed by atoms with Crippen molar-refractivity contribution < 1.29 is 19.5 Å². The van der Waals surface area contributed by atoms with Crippen LogP contribution in [0.5, 0.6) is 0 Å². The third kappa shape index (κ3) is 9.05. The Kier molecular flexibility index (Phi) is 105. The van der Waals surface area contributed by atoms with Crippen molar-refractivity contribution in [3.63, 3.8) is 0 Å². The maximum Gasteiger partial charge on any atom is 0 e. The van der Waals surface area contributed by atoms with E-state index in [4.69, 9.17) is 0 Å². The molecule has 0 N–H and O–H groups in total. The predicted molar refractivity (Wildman–Crippen MR) is 17.3 cm³/mol. The van der Waals surface area contributed by atoms with Crippen LogP contribution in [0.1, 0.15) is 0 Å². The summed E-state index contributed by atoms with van der Waals surface area (Å²) in [6.45, 7) is 0. The Labute approximate surface area is 101 Å². The summed E-state index contributed by atoms with van der Waals surface area (Å²) in [6.07, 6.45) is 0. The molecular formula is CaMg2Zn. The van der Waals surface area contributed by atoms with E-state index in [9.17, 15) is 0 Å². The molecule has 8 valence electrons. The maximum absolute atomic E-state index is 0. The van der Waals surface area contributed by atoms with Crippen LogP contribution in [0, 0.1) is 0 Å². The van der Waals surface area contributed by atoms with Crippen molar-refractivity contribution in [2.24, 2.45) is 0 Å². The van der Waals surface area contributed by atoms with Gasteiger partial charge in [-0.2, -0.15) is 0 Å². The van der Waals surface area contributed by atoms with Crippen LogP contribution in [-0.4, -0.2) is 83.8 Å². The van der Waals surface area contributed by atoms with Crippen LogP contribution in [-0.2, 0) is 19.5 Å². The van der Waals surface area contributed by atoms with Gasteiger partial charge in [-0.05, 0) is 0 Å². The second kappa shape index (κ2) is 16.1. The molecule has 0 nitrogen and oxygen atoms in total. The van der Waals surface area contributed by atoms with Gasteiger partial charge in [-0.15, -0.1) is 0 Å². The minimum absolute atomic E-state index is 0. The summed E-state index contributed by atoms with van der Waals surface area (Å²) in [7, 11) is 0. The van der Waals surface area contributed by atoms with Crippen molar-refractivity contribution in [2.75, 3.05) is 0 Å². The van der Waals surface area contributed by atoms with Gasteiger partial charge in [0.25, 0.3) is 0 Å². The predicted octanol–water partition coefficient (Wildman–Crippen LogP) is -1.14. The quantitative estimate of drug-likeness (QED) is 0.387. The first-order valence-corrected chi connectivity index (χ1v) is 0. The molecule has 0 aliphatic rings. The van der Waals surface area contributed by atoms with Crippen molar-refractivity contribution in [1.82, 2.24) is 0 Å². The van der Waals surface area contributed by atoms with Gasteiger partial charge in [0.15, 0.2) is 0 Å². The molecular weight excluding hydrogens is 154 g/mol. The SMILES string of the molecule is [Ca].[Mg].[Mg].[Zn]. The first-order valence-electron chi connectivity index (χ1n) is 0. The summed E-state index contributed by atoms with van der Waals surface area (Å²) >= 11 is 0. The van der Waals surface area contributed by atoms with Gasteiger partial charge in [0.2, 0.25) is 0 Å². The average molecular weight is 154 g/mol. The number of hydrogen-bond acceptors (Lipinski definition) is 0. The minimum Gasteiger partial charge on any atom is 0 e. The molecule has 6 radical (unpaired) electrons. The van der Waals surface area contributed by atoms with Crippen molar-refractivity contribution in [1.29, 1.82) is 0 Å². The molecule has 0 aliphatic heterocycles. The van der Waals surface area contributed by atoms with E-state index < -0.39 is 0 Å². The van der Waals surface area contributed by atoms with Crippen molar-refractivity contribution in [3.8, 4) is 0 Å². The summed E-state index contributed by atoms with van der Waals surface area (Å²) < 4.78 is 0. The standard InChI is InChI=1S/Ca.2Mg.Zn. The van der Waals surface area contributed by atoms with Crippen LogP contribution in [0.25, 0.3) is 0 Å². The normalized spacial score (nSPS) is 0. The molecule has 4 heteroatoms. The summed E-state index contributed by atoms with van der Waals surface area (Å²) in [5, 5.41) is 0. The zero-order valence-electron chi connectivity index (χ0n) is 2.83. The fraction of sp³-hybridized carbons (Fsp3) is 0. The van der Waals surface area contributed by atoms with Crippen LogP contribution < -0.4 is 0 Å². The molecule has 0 aromatic carbocycles. The number of hydrogen-bond donors (Lipinski definition) is 0. The van der Waals surface area contributed by atoms with Gasteiger partial charge in [-0.25, -0.2) is 0 Å². The molecule has 0 aromatic rings. The van der Waals surface area contributed by atoms with Gasteiger partial charge >= 0.3 is 0 Å². The van der Waals surface area contributed by atoms with Gasteiger partial charge in [0.05, 0.1) is 0 Å². The van der Waals surface area contributed by atoms with E-state index in [0.717, 1.165) is 0 Å². The Balaban J connectivity index is 0. The first kappa shape index (κ1) is 26.2. The topological polar surface area (TPSA) is 0 Å². The van der Waals surface area contributed by atoms with Crippen molar-refractivity contribution in [3.05, 3.63) is 0 Å². The second-order valence-electron chi connectivity index (χ2n) is 0. The van der Waals surface area contributed by atoms with E-state index in [1.54, 1.807) is 0 Å². The maximum atomic E-state index is 0. The molecule has 0 aliphatic carbocycles. The largest absolute Gasteiger partial charge is 0 e. The summed E-state index contributed by atoms with van der Waals surface area (Å²) in [5.74, 6) is 0. The zero-order valence-corrected chi connectivity index (χ0v) is 10.8. The molecule has 0 aromatic heterocycles. The van der Waals surface area contributed by atoms with Gasteiger partial charge in [-0.3, -0.25) is 0 Å². The monoisotopic (exact) mass is 152 g/mol. The third-order valence-electron chi connectivity index (χ3n) is 0. The van der Waals surface area contributed by atoms with E-state index in [1.807, 2.05) is 0 Å². The molecule has 0 saturated heterocycles. The summed E-state index contributed by atoms with van der Waals surface area (Å²) in [6, 6.07) is 0. The van der Waals surface area contributed by atoms with Crippen LogP contribution in [0.15, 0.2) is 0 Å². The van der Waals surface area contributed by atoms with E-state index in [2.05, 4.69) is 0 Å². The Morgan fingerprint density at radius 2 is 0.750 bits per heavy atom. The molecule has 0 rings (SSSR count). The fourth-order valence-corrected chi connectivity index (χ4v) is 0. The van der Waals surface area contributed by atoms with E-state index >= 15 is 0 Å². The zero-order chi connectivity index (χ0) is 0. The third-order valence-corrected chi connectivity index (χ3v) is 0. The Hall–Kier alpha value is 3.42. The smallest absolute Gasteiger partial charge is 0 e. The first-order chi connectivity index (χ1) is 0. The van der Waals surface area contributed by atoms with Crippen LogP contribution in [0.4, 0.5) is 0 Å². The van der Waals surface area contributed by atoms with E-state index in [-0.39, 0.29) is 103 Å². The molecule has 4 heavy (non-hydrogen) atoms. The molecule has 0 atom stereocenters. The Bertz CT molecular complexity index is 6.00. The van der Waals surface area contributed by atoms with Crippen LogP contribution >= 0.6 is 0 Å². The molecule has 0 amide bonds. The number of rotatable bonds is 0. The Morgan fingerprint density at radius 3 is 0.750 bits per heavy atom.